The zero-order chi connectivity index (χ0) is 10.1. The second-order valence-corrected chi connectivity index (χ2v) is 4.20. The van der Waals surface area contributed by atoms with Crippen LogP contribution in [0, 0.1) is 0 Å². The van der Waals surface area contributed by atoms with Gasteiger partial charge in [0.2, 0.25) is 0 Å². The van der Waals surface area contributed by atoms with E-state index in [1.807, 2.05) is 0 Å². The van der Waals surface area contributed by atoms with Crippen LogP contribution in [0.4, 0.5) is 5.69 Å². The molecule has 2 saturated heterocycles. The van der Waals surface area contributed by atoms with E-state index in [0.29, 0.717) is 12.2 Å². The van der Waals surface area contributed by atoms with Crippen molar-refractivity contribution in [2.24, 2.45) is 0 Å². The zero-order valence-electron chi connectivity index (χ0n) is 9.11. The highest BCUT2D eigenvalue weighted by molar-refractivity contribution is 5.46. The first-order valence-corrected chi connectivity index (χ1v) is 5.46. The summed E-state index contributed by atoms with van der Waals surface area (Å²) >= 11 is 0. The van der Waals surface area contributed by atoms with Crippen molar-refractivity contribution < 1.29 is 14.9 Å². The molecule has 16 heavy (non-hydrogen) atoms. The number of anilines is 1. The van der Waals surface area contributed by atoms with E-state index in [1.54, 1.807) is 0 Å². The van der Waals surface area contributed by atoms with Crippen LogP contribution in [0.3, 0.4) is 0 Å². The molecule has 4 heteroatoms. The van der Waals surface area contributed by atoms with E-state index < -0.39 is 0 Å². The third-order valence-corrected chi connectivity index (χ3v) is 2.73. The summed E-state index contributed by atoms with van der Waals surface area (Å²) in [5.74, 6) is 0. The SMILES string of the molecule is O.c1cc(CC2CO2)cc(NCC2CO2)c1. The van der Waals surface area contributed by atoms with E-state index in [9.17, 15) is 0 Å². The molecule has 3 rings (SSSR count). The number of ether oxygens (including phenoxy) is 2. The van der Waals surface area contributed by atoms with Gasteiger partial charge in [-0.2, -0.15) is 0 Å². The maximum atomic E-state index is 5.22. The van der Waals surface area contributed by atoms with Gasteiger partial charge in [0, 0.05) is 18.7 Å². The fraction of sp³-hybridized carbons (Fsp3) is 0.500. The summed E-state index contributed by atoms with van der Waals surface area (Å²) in [7, 11) is 0. The predicted octanol–water partition coefficient (Wildman–Crippen LogP) is 0.614. The van der Waals surface area contributed by atoms with Gasteiger partial charge < -0.3 is 20.3 Å². The lowest BCUT2D eigenvalue weighted by molar-refractivity contribution is 0.407. The van der Waals surface area contributed by atoms with Gasteiger partial charge in [0.25, 0.3) is 0 Å². The summed E-state index contributed by atoms with van der Waals surface area (Å²) < 4.78 is 10.4. The Kier molecular flexibility index (Phi) is 3.43. The maximum absolute atomic E-state index is 5.22. The van der Waals surface area contributed by atoms with E-state index in [0.717, 1.165) is 26.2 Å². The van der Waals surface area contributed by atoms with Crippen molar-refractivity contribution in [1.29, 1.82) is 0 Å². The fourth-order valence-electron chi connectivity index (χ4n) is 1.67. The van der Waals surface area contributed by atoms with Gasteiger partial charge in [0.05, 0.1) is 25.4 Å². The average Bonchev–Trinajstić information content (AvgIpc) is 3.10. The van der Waals surface area contributed by atoms with Gasteiger partial charge >= 0.3 is 0 Å². The first kappa shape index (κ1) is 11.4. The Hall–Kier alpha value is -1.10. The van der Waals surface area contributed by atoms with Crippen molar-refractivity contribution >= 4 is 5.69 Å². The van der Waals surface area contributed by atoms with Crippen LogP contribution in [-0.4, -0.2) is 37.4 Å². The summed E-state index contributed by atoms with van der Waals surface area (Å²) in [6.07, 6.45) is 1.93. The average molecular weight is 223 g/mol. The van der Waals surface area contributed by atoms with Crippen LogP contribution in [0.15, 0.2) is 24.3 Å². The Morgan fingerprint density at radius 3 is 2.62 bits per heavy atom. The minimum absolute atomic E-state index is 0. The summed E-state index contributed by atoms with van der Waals surface area (Å²) in [4.78, 5) is 0. The zero-order valence-corrected chi connectivity index (χ0v) is 9.11. The first-order valence-electron chi connectivity index (χ1n) is 5.46. The van der Waals surface area contributed by atoms with Crippen LogP contribution >= 0.6 is 0 Å². The topological polar surface area (TPSA) is 68.6 Å². The largest absolute Gasteiger partial charge is 0.412 e. The summed E-state index contributed by atoms with van der Waals surface area (Å²) in [6.45, 7) is 2.75. The van der Waals surface area contributed by atoms with E-state index in [1.165, 1.54) is 11.3 Å². The normalized spacial score (nSPS) is 25.8. The van der Waals surface area contributed by atoms with Crippen LogP contribution in [0.2, 0.25) is 0 Å². The second kappa shape index (κ2) is 4.82. The lowest BCUT2D eigenvalue weighted by Gasteiger charge is -2.06. The molecule has 88 valence electrons. The minimum Gasteiger partial charge on any atom is -0.412 e. The standard InChI is InChI=1S/C12H15NO2.H2O/c1-2-9(5-11-7-14-11)4-10(3-1)13-6-12-8-15-12;/h1-4,11-13H,5-8H2;1H2. The molecule has 4 nitrogen and oxygen atoms in total. The van der Waals surface area contributed by atoms with Crippen molar-refractivity contribution in [3.05, 3.63) is 29.8 Å². The predicted molar refractivity (Wildman–Crippen MR) is 61.7 cm³/mol. The highest BCUT2D eigenvalue weighted by atomic mass is 16.6. The molecule has 0 aromatic heterocycles. The van der Waals surface area contributed by atoms with E-state index in [2.05, 4.69) is 29.6 Å². The Morgan fingerprint density at radius 1 is 1.19 bits per heavy atom. The molecule has 0 radical (unpaired) electrons. The number of rotatable bonds is 5. The van der Waals surface area contributed by atoms with E-state index >= 15 is 0 Å². The van der Waals surface area contributed by atoms with E-state index in [4.69, 9.17) is 9.47 Å². The molecule has 2 unspecified atom stereocenters. The minimum atomic E-state index is 0. The third-order valence-electron chi connectivity index (χ3n) is 2.73. The Labute approximate surface area is 94.9 Å². The van der Waals surface area contributed by atoms with Crippen LogP contribution in [-0.2, 0) is 15.9 Å². The fourth-order valence-corrected chi connectivity index (χ4v) is 1.67. The molecule has 0 saturated carbocycles. The van der Waals surface area contributed by atoms with E-state index in [-0.39, 0.29) is 5.48 Å². The van der Waals surface area contributed by atoms with Crippen LogP contribution in [0.25, 0.3) is 0 Å². The first-order chi connectivity index (χ1) is 7.40. The molecule has 2 aliphatic heterocycles. The van der Waals surface area contributed by atoms with Crippen molar-refractivity contribution in [2.45, 2.75) is 18.6 Å². The number of hydrogen-bond acceptors (Lipinski definition) is 3. The number of epoxide rings is 2. The molecule has 1 aromatic rings. The number of benzene rings is 1. The second-order valence-electron chi connectivity index (χ2n) is 4.20. The quantitative estimate of drug-likeness (QED) is 0.744. The molecule has 2 heterocycles. The van der Waals surface area contributed by atoms with Gasteiger partial charge in [-0.25, -0.2) is 0 Å². The molecular formula is C12H17NO3. The van der Waals surface area contributed by atoms with Crippen molar-refractivity contribution in [2.75, 3.05) is 25.1 Å². The van der Waals surface area contributed by atoms with Gasteiger partial charge in [-0.15, -0.1) is 0 Å². The van der Waals surface area contributed by atoms with Crippen LogP contribution in [0.1, 0.15) is 5.56 Å². The molecule has 3 N–H and O–H groups in total. The number of nitrogens with one attached hydrogen (secondary N) is 1. The number of hydrogen-bond donors (Lipinski definition) is 1. The van der Waals surface area contributed by atoms with Gasteiger partial charge in [-0.3, -0.25) is 0 Å². The van der Waals surface area contributed by atoms with Crippen molar-refractivity contribution in [3.63, 3.8) is 0 Å². The van der Waals surface area contributed by atoms with Crippen LogP contribution < -0.4 is 5.32 Å². The summed E-state index contributed by atoms with van der Waals surface area (Å²) in [5.41, 5.74) is 2.53. The highest BCUT2D eigenvalue weighted by Crippen LogP contribution is 2.19. The third kappa shape index (κ3) is 3.20. The summed E-state index contributed by atoms with van der Waals surface area (Å²) in [5, 5.41) is 3.37. The Bertz CT molecular complexity index is 348. The molecule has 0 spiro atoms. The molecule has 2 atom stereocenters. The Morgan fingerprint density at radius 2 is 1.94 bits per heavy atom. The molecule has 0 amide bonds. The molecule has 0 aliphatic carbocycles. The monoisotopic (exact) mass is 223 g/mol. The Balaban J connectivity index is 0.000000963. The molecular weight excluding hydrogens is 206 g/mol. The highest BCUT2D eigenvalue weighted by Gasteiger charge is 2.23. The summed E-state index contributed by atoms with van der Waals surface area (Å²) in [6, 6.07) is 8.54. The lowest BCUT2D eigenvalue weighted by Crippen LogP contribution is -2.07. The van der Waals surface area contributed by atoms with Gasteiger partial charge in [0.1, 0.15) is 0 Å². The molecule has 0 bridgehead atoms. The molecule has 1 aromatic carbocycles. The van der Waals surface area contributed by atoms with Crippen molar-refractivity contribution in [1.82, 2.24) is 0 Å². The van der Waals surface area contributed by atoms with Gasteiger partial charge in [0.15, 0.2) is 0 Å². The van der Waals surface area contributed by atoms with Gasteiger partial charge in [-0.05, 0) is 17.7 Å². The van der Waals surface area contributed by atoms with Gasteiger partial charge in [-0.1, -0.05) is 12.1 Å². The maximum Gasteiger partial charge on any atom is 0.0981 e. The van der Waals surface area contributed by atoms with Crippen molar-refractivity contribution in [3.8, 4) is 0 Å². The lowest BCUT2D eigenvalue weighted by atomic mass is 10.1. The molecule has 2 aliphatic rings. The molecule has 2 fully saturated rings. The smallest absolute Gasteiger partial charge is 0.0981 e. The van der Waals surface area contributed by atoms with Crippen LogP contribution in [0.5, 0.6) is 0 Å².